The highest BCUT2D eigenvalue weighted by molar-refractivity contribution is 7.89. The Bertz CT molecular complexity index is 1240. The van der Waals surface area contributed by atoms with Gasteiger partial charge in [0.05, 0.1) is 22.6 Å². The molecule has 11 heteroatoms. The molecule has 1 aromatic heterocycles. The predicted octanol–water partition coefficient (Wildman–Crippen LogP) is 1.33. The molecular formula is C21H24N4O6S. The van der Waals surface area contributed by atoms with Gasteiger partial charge in [0.1, 0.15) is 6.54 Å². The summed E-state index contributed by atoms with van der Waals surface area (Å²) in [5, 5.41) is 5.22. The molecule has 0 aliphatic carbocycles. The average Bonchev–Trinajstić information content (AvgIpc) is 3.27. The number of aromatic nitrogens is 1. The minimum atomic E-state index is -3.71. The van der Waals surface area contributed by atoms with Crippen LogP contribution in [-0.2, 0) is 24.3 Å². The number of carbonyl (C=O) groups is 3. The molecule has 2 amide bonds. The van der Waals surface area contributed by atoms with Crippen LogP contribution in [0, 0.1) is 13.8 Å². The molecule has 0 fully saturated rings. The Morgan fingerprint density at radius 3 is 2.56 bits per heavy atom. The molecule has 3 rings (SSSR count). The smallest absolute Gasteiger partial charge is 0.325 e. The zero-order chi connectivity index (χ0) is 23.6. The summed E-state index contributed by atoms with van der Waals surface area (Å²) in [6.45, 7) is 4.96. The van der Waals surface area contributed by atoms with E-state index in [0.29, 0.717) is 33.6 Å². The van der Waals surface area contributed by atoms with Gasteiger partial charge in [-0.3, -0.25) is 14.4 Å². The summed E-state index contributed by atoms with van der Waals surface area (Å²) in [5.74, 6) is -1.39. The van der Waals surface area contributed by atoms with Crippen LogP contribution in [0.4, 0.5) is 5.69 Å². The van der Waals surface area contributed by atoms with Crippen LogP contribution in [0.3, 0.4) is 0 Å². The molecule has 2 heterocycles. The SMILES string of the molecule is CCOC(=O)CNC(=O)c1c[nH]c(/C=C2\C(=O)Nc3ccc(S(=O)(=O)NC)c(C)c32)c1C. The zero-order valence-corrected chi connectivity index (χ0v) is 18.9. The maximum atomic E-state index is 12.6. The lowest BCUT2D eigenvalue weighted by Gasteiger charge is -2.10. The second-order valence-corrected chi connectivity index (χ2v) is 8.91. The molecule has 1 aliphatic heterocycles. The number of nitrogens with one attached hydrogen (secondary N) is 4. The maximum Gasteiger partial charge on any atom is 0.325 e. The molecule has 32 heavy (non-hydrogen) atoms. The number of anilines is 1. The summed E-state index contributed by atoms with van der Waals surface area (Å²) in [6, 6.07) is 2.98. The predicted molar refractivity (Wildman–Crippen MR) is 118 cm³/mol. The highest BCUT2D eigenvalue weighted by atomic mass is 32.2. The first-order valence-electron chi connectivity index (χ1n) is 9.83. The third-order valence-corrected chi connectivity index (χ3v) is 6.71. The van der Waals surface area contributed by atoms with E-state index in [0.717, 1.165) is 0 Å². The summed E-state index contributed by atoms with van der Waals surface area (Å²) < 4.78 is 31.7. The van der Waals surface area contributed by atoms with E-state index in [2.05, 4.69) is 20.3 Å². The standard InChI is InChI=1S/C21H24N4O6S/c1-5-31-18(26)10-24-20(27)14-9-23-16(11(14)2)8-13-19-12(3)17(32(29,30)22-4)7-6-15(19)25-21(13)28/h6-9,22-23H,5,10H2,1-4H3,(H,24,27)(H,25,28)/b13-8-. The Labute approximate surface area is 185 Å². The van der Waals surface area contributed by atoms with Gasteiger partial charge in [-0.2, -0.15) is 0 Å². The molecule has 4 N–H and O–H groups in total. The van der Waals surface area contributed by atoms with Gasteiger partial charge in [-0.25, -0.2) is 13.1 Å². The van der Waals surface area contributed by atoms with Gasteiger partial charge in [-0.15, -0.1) is 0 Å². The van der Waals surface area contributed by atoms with Gasteiger partial charge in [0.15, 0.2) is 0 Å². The first-order chi connectivity index (χ1) is 15.1. The fourth-order valence-corrected chi connectivity index (χ4v) is 4.46. The van der Waals surface area contributed by atoms with Crippen LogP contribution in [0.2, 0.25) is 0 Å². The molecule has 0 saturated carbocycles. The summed E-state index contributed by atoms with van der Waals surface area (Å²) in [5.41, 5.74) is 3.07. The van der Waals surface area contributed by atoms with E-state index >= 15 is 0 Å². The van der Waals surface area contributed by atoms with Crippen molar-refractivity contribution in [2.24, 2.45) is 0 Å². The van der Waals surface area contributed by atoms with E-state index in [4.69, 9.17) is 4.74 Å². The lowest BCUT2D eigenvalue weighted by molar-refractivity contribution is -0.141. The largest absolute Gasteiger partial charge is 0.465 e. The van der Waals surface area contributed by atoms with Crippen LogP contribution in [0.5, 0.6) is 0 Å². The van der Waals surface area contributed by atoms with Gasteiger partial charge in [0.25, 0.3) is 11.8 Å². The number of benzene rings is 1. The summed E-state index contributed by atoms with van der Waals surface area (Å²) >= 11 is 0. The van der Waals surface area contributed by atoms with Crippen molar-refractivity contribution in [1.29, 1.82) is 0 Å². The molecule has 1 aromatic carbocycles. The summed E-state index contributed by atoms with van der Waals surface area (Å²) in [7, 11) is -2.39. The minimum Gasteiger partial charge on any atom is -0.465 e. The molecule has 0 saturated heterocycles. The number of fused-ring (bicyclic) bond motifs is 1. The van der Waals surface area contributed by atoms with Crippen LogP contribution in [0.15, 0.2) is 23.2 Å². The van der Waals surface area contributed by atoms with E-state index in [1.54, 1.807) is 32.9 Å². The normalized spacial score (nSPS) is 14.2. The van der Waals surface area contributed by atoms with Gasteiger partial charge in [-0.1, -0.05) is 0 Å². The van der Waals surface area contributed by atoms with Gasteiger partial charge in [0.2, 0.25) is 10.0 Å². The molecule has 0 spiro atoms. The fraction of sp³-hybridized carbons (Fsp3) is 0.286. The first-order valence-corrected chi connectivity index (χ1v) is 11.3. The van der Waals surface area contributed by atoms with Crippen molar-refractivity contribution in [2.75, 3.05) is 25.5 Å². The first kappa shape index (κ1) is 23.2. The second kappa shape index (κ2) is 8.97. The number of hydrogen-bond donors (Lipinski definition) is 4. The topological polar surface area (TPSA) is 146 Å². The number of ether oxygens (including phenoxy) is 1. The van der Waals surface area contributed by atoms with E-state index in [9.17, 15) is 22.8 Å². The van der Waals surface area contributed by atoms with Crippen LogP contribution in [0.25, 0.3) is 11.6 Å². The number of H-pyrrole nitrogens is 1. The molecule has 0 atom stereocenters. The zero-order valence-electron chi connectivity index (χ0n) is 18.1. The summed E-state index contributed by atoms with van der Waals surface area (Å²) in [4.78, 5) is 39.5. The van der Waals surface area contributed by atoms with Crippen molar-refractivity contribution in [3.8, 4) is 0 Å². The molecule has 0 radical (unpaired) electrons. The maximum absolute atomic E-state index is 12.6. The Balaban J connectivity index is 1.96. The Morgan fingerprint density at radius 1 is 1.19 bits per heavy atom. The number of aromatic amines is 1. The molecular weight excluding hydrogens is 436 g/mol. The lowest BCUT2D eigenvalue weighted by atomic mass is 9.99. The highest BCUT2D eigenvalue weighted by Gasteiger charge is 2.30. The summed E-state index contributed by atoms with van der Waals surface area (Å²) in [6.07, 6.45) is 3.05. The fourth-order valence-electron chi connectivity index (χ4n) is 3.49. The van der Waals surface area contributed by atoms with E-state index in [1.807, 2.05) is 0 Å². The highest BCUT2D eigenvalue weighted by Crippen LogP contribution is 2.38. The number of hydrogen-bond acceptors (Lipinski definition) is 6. The molecule has 0 unspecified atom stereocenters. The monoisotopic (exact) mass is 460 g/mol. The van der Waals surface area contributed by atoms with Gasteiger partial charge in [-0.05, 0) is 57.2 Å². The third kappa shape index (κ3) is 4.30. The van der Waals surface area contributed by atoms with Gasteiger partial charge < -0.3 is 20.4 Å². The van der Waals surface area contributed by atoms with Crippen molar-refractivity contribution in [1.82, 2.24) is 15.0 Å². The van der Waals surface area contributed by atoms with Gasteiger partial charge in [0, 0.05) is 23.1 Å². The van der Waals surface area contributed by atoms with Crippen LogP contribution >= 0.6 is 0 Å². The number of esters is 1. The molecule has 170 valence electrons. The third-order valence-electron chi connectivity index (χ3n) is 5.15. The Hall–Kier alpha value is -3.44. The van der Waals surface area contributed by atoms with Crippen molar-refractivity contribution in [3.05, 3.63) is 46.3 Å². The number of rotatable bonds is 7. The Kier molecular flexibility index (Phi) is 6.51. The van der Waals surface area contributed by atoms with Crippen LogP contribution < -0.4 is 15.4 Å². The number of sulfonamides is 1. The van der Waals surface area contributed by atoms with Crippen LogP contribution in [0.1, 0.15) is 39.7 Å². The average molecular weight is 461 g/mol. The molecule has 10 nitrogen and oxygen atoms in total. The molecule has 2 aromatic rings. The minimum absolute atomic E-state index is 0.0726. The number of carbonyl (C=O) groups excluding carboxylic acids is 3. The van der Waals surface area contributed by atoms with E-state index in [1.165, 1.54) is 19.3 Å². The van der Waals surface area contributed by atoms with Gasteiger partial charge >= 0.3 is 5.97 Å². The van der Waals surface area contributed by atoms with E-state index in [-0.39, 0.29) is 29.5 Å². The van der Waals surface area contributed by atoms with Crippen molar-refractivity contribution in [2.45, 2.75) is 25.7 Å². The van der Waals surface area contributed by atoms with Crippen molar-refractivity contribution in [3.63, 3.8) is 0 Å². The Morgan fingerprint density at radius 2 is 1.91 bits per heavy atom. The van der Waals surface area contributed by atoms with Crippen LogP contribution in [-0.4, -0.2) is 51.4 Å². The quantitative estimate of drug-likeness (QED) is 0.362. The molecule has 1 aliphatic rings. The van der Waals surface area contributed by atoms with Crippen molar-refractivity contribution >= 4 is 45.1 Å². The molecule has 0 bridgehead atoms. The lowest BCUT2D eigenvalue weighted by Crippen LogP contribution is -2.30. The number of amides is 2. The van der Waals surface area contributed by atoms with E-state index < -0.39 is 21.9 Å². The van der Waals surface area contributed by atoms with Crippen molar-refractivity contribution < 1.29 is 27.5 Å². The second-order valence-electron chi connectivity index (χ2n) is 7.06.